The van der Waals surface area contributed by atoms with Crippen molar-refractivity contribution in [3.05, 3.63) is 75.9 Å². The predicted octanol–water partition coefficient (Wildman–Crippen LogP) is 3.98. The Balaban J connectivity index is 2.03. The van der Waals surface area contributed by atoms with Crippen LogP contribution in [-0.2, 0) is 9.59 Å². The molecule has 2 aromatic carbocycles. The van der Waals surface area contributed by atoms with E-state index in [0.29, 0.717) is 31.4 Å². The number of carboxylic acids is 1. The Morgan fingerprint density at radius 1 is 0.931 bits per heavy atom. The molecule has 152 valence electrons. The predicted molar refractivity (Wildman–Crippen MR) is 115 cm³/mol. The summed E-state index contributed by atoms with van der Waals surface area (Å²) < 4.78 is 0.912. The molecule has 0 saturated heterocycles. The molecule has 3 N–H and O–H groups in total. The van der Waals surface area contributed by atoms with Crippen molar-refractivity contribution in [2.24, 2.45) is 0 Å². The van der Waals surface area contributed by atoms with Crippen LogP contribution in [0.15, 0.2) is 64.8 Å². The molecule has 2 rings (SSSR count). The maximum Gasteiger partial charge on any atom is 0.303 e. The molecule has 0 atom stereocenters. The van der Waals surface area contributed by atoms with Crippen molar-refractivity contribution in [1.29, 1.82) is 0 Å². The van der Waals surface area contributed by atoms with Crippen molar-refractivity contribution in [2.45, 2.75) is 25.7 Å². The number of unbranched alkanes of at least 4 members (excludes halogenated alkanes) is 2. The van der Waals surface area contributed by atoms with E-state index in [9.17, 15) is 14.4 Å². The number of hydrogen-bond acceptors (Lipinski definition) is 3. The molecule has 0 fully saturated rings. The van der Waals surface area contributed by atoms with Gasteiger partial charge in [-0.2, -0.15) is 0 Å². The van der Waals surface area contributed by atoms with E-state index in [1.54, 1.807) is 30.3 Å². The Labute approximate surface area is 178 Å². The highest BCUT2D eigenvalue weighted by Crippen LogP contribution is 2.13. The van der Waals surface area contributed by atoms with Crippen molar-refractivity contribution in [1.82, 2.24) is 10.6 Å². The summed E-state index contributed by atoms with van der Waals surface area (Å²) in [5, 5.41) is 14.1. The van der Waals surface area contributed by atoms with Gasteiger partial charge in [0.15, 0.2) is 0 Å². The van der Waals surface area contributed by atoms with E-state index in [0.717, 1.165) is 10.0 Å². The van der Waals surface area contributed by atoms with Gasteiger partial charge >= 0.3 is 5.97 Å². The molecule has 0 bridgehead atoms. The van der Waals surface area contributed by atoms with Gasteiger partial charge in [0.25, 0.3) is 11.8 Å². The van der Waals surface area contributed by atoms with Gasteiger partial charge in [0.2, 0.25) is 0 Å². The maximum atomic E-state index is 12.6. The summed E-state index contributed by atoms with van der Waals surface area (Å²) in [5.41, 5.74) is 1.37. The molecule has 7 heteroatoms. The second-order valence-electron chi connectivity index (χ2n) is 6.39. The van der Waals surface area contributed by atoms with E-state index in [2.05, 4.69) is 26.6 Å². The number of nitrogens with one attached hydrogen (secondary N) is 2. The molecule has 0 unspecified atom stereocenters. The van der Waals surface area contributed by atoms with Crippen LogP contribution in [0, 0.1) is 0 Å². The minimum absolute atomic E-state index is 0.121. The highest BCUT2D eigenvalue weighted by Gasteiger charge is 2.14. The first-order chi connectivity index (χ1) is 14.0. The van der Waals surface area contributed by atoms with Crippen LogP contribution in [-0.4, -0.2) is 29.4 Å². The van der Waals surface area contributed by atoms with Gasteiger partial charge in [-0.3, -0.25) is 14.4 Å². The zero-order valence-electron chi connectivity index (χ0n) is 15.9. The van der Waals surface area contributed by atoms with Gasteiger partial charge in [-0.15, -0.1) is 0 Å². The Morgan fingerprint density at radius 2 is 1.62 bits per heavy atom. The first-order valence-electron chi connectivity index (χ1n) is 9.29. The highest BCUT2D eigenvalue weighted by atomic mass is 79.9. The molecular weight excluding hydrogens is 436 g/mol. The fourth-order valence-electron chi connectivity index (χ4n) is 2.54. The maximum absolute atomic E-state index is 12.6. The summed E-state index contributed by atoms with van der Waals surface area (Å²) in [6.45, 7) is 0.400. The average molecular weight is 459 g/mol. The lowest BCUT2D eigenvalue weighted by molar-refractivity contribution is -0.137. The number of amides is 2. The van der Waals surface area contributed by atoms with Crippen molar-refractivity contribution in [2.75, 3.05) is 6.54 Å². The number of hydrogen-bond donors (Lipinski definition) is 3. The average Bonchev–Trinajstić information content (AvgIpc) is 2.71. The summed E-state index contributed by atoms with van der Waals surface area (Å²) in [5.74, 6) is -1.58. The van der Waals surface area contributed by atoms with Gasteiger partial charge in [-0.25, -0.2) is 0 Å². The highest BCUT2D eigenvalue weighted by molar-refractivity contribution is 9.10. The number of rotatable bonds is 10. The molecule has 0 aromatic heterocycles. The zero-order valence-corrected chi connectivity index (χ0v) is 17.4. The quantitative estimate of drug-likeness (QED) is 0.370. The van der Waals surface area contributed by atoms with E-state index >= 15 is 0 Å². The Morgan fingerprint density at radius 3 is 2.28 bits per heavy atom. The molecule has 29 heavy (non-hydrogen) atoms. The van der Waals surface area contributed by atoms with Crippen molar-refractivity contribution < 1.29 is 19.5 Å². The van der Waals surface area contributed by atoms with Crippen molar-refractivity contribution in [3.63, 3.8) is 0 Å². The third-order valence-electron chi connectivity index (χ3n) is 4.06. The number of benzene rings is 2. The van der Waals surface area contributed by atoms with Crippen LogP contribution in [0.3, 0.4) is 0 Å². The Bertz CT molecular complexity index is 864. The summed E-state index contributed by atoms with van der Waals surface area (Å²) in [4.78, 5) is 35.6. The SMILES string of the molecule is O=C(O)CCCCCNC(=O)/C(=C\c1ccc(Br)cc1)NC(=O)c1ccccc1. The van der Waals surface area contributed by atoms with Crippen LogP contribution in [0.4, 0.5) is 0 Å². The molecule has 6 nitrogen and oxygen atoms in total. The molecular formula is C22H23BrN2O4. The molecule has 2 aromatic rings. The van der Waals surface area contributed by atoms with E-state index in [4.69, 9.17) is 5.11 Å². The topological polar surface area (TPSA) is 95.5 Å². The van der Waals surface area contributed by atoms with Crippen LogP contribution in [0.1, 0.15) is 41.6 Å². The molecule has 0 spiro atoms. The summed E-state index contributed by atoms with van der Waals surface area (Å²) in [6.07, 6.45) is 3.67. The standard InChI is InChI=1S/C22H23BrN2O4/c23-18-12-10-16(11-13-18)15-19(25-21(28)17-7-3-1-4-8-17)22(29)24-14-6-2-5-9-20(26)27/h1,3-4,7-8,10-13,15H,2,5-6,9,14H2,(H,24,29)(H,25,28)(H,26,27)/b19-15+. The fraction of sp³-hybridized carbons (Fsp3) is 0.227. The lowest BCUT2D eigenvalue weighted by Gasteiger charge is -2.11. The van der Waals surface area contributed by atoms with Crippen LogP contribution < -0.4 is 10.6 Å². The monoisotopic (exact) mass is 458 g/mol. The Hall–Kier alpha value is -2.93. The normalized spacial score (nSPS) is 11.0. The minimum Gasteiger partial charge on any atom is -0.481 e. The third-order valence-corrected chi connectivity index (χ3v) is 4.59. The summed E-state index contributed by atoms with van der Waals surface area (Å²) in [7, 11) is 0. The van der Waals surface area contributed by atoms with Crippen molar-refractivity contribution >= 4 is 39.8 Å². The number of aliphatic carboxylic acids is 1. The summed E-state index contributed by atoms with van der Waals surface area (Å²) >= 11 is 3.37. The molecule has 0 aliphatic rings. The second kappa shape index (κ2) is 11.8. The lowest BCUT2D eigenvalue weighted by atomic mass is 10.1. The third kappa shape index (κ3) is 8.31. The number of carboxylic acid groups (broad SMARTS) is 1. The smallest absolute Gasteiger partial charge is 0.303 e. The van der Waals surface area contributed by atoms with Gasteiger partial charge in [0, 0.05) is 23.0 Å². The minimum atomic E-state index is -0.822. The molecule has 0 saturated carbocycles. The van der Waals surface area contributed by atoms with E-state index < -0.39 is 11.9 Å². The summed E-state index contributed by atoms with van der Waals surface area (Å²) in [6, 6.07) is 16.0. The van der Waals surface area contributed by atoms with Crippen molar-refractivity contribution in [3.8, 4) is 0 Å². The first kappa shape index (κ1) is 22.4. The van der Waals surface area contributed by atoms with E-state index in [-0.39, 0.29) is 18.0 Å². The van der Waals surface area contributed by atoms with Gasteiger partial charge in [-0.1, -0.05) is 52.7 Å². The lowest BCUT2D eigenvalue weighted by Crippen LogP contribution is -2.35. The fourth-order valence-corrected chi connectivity index (χ4v) is 2.81. The molecule has 0 radical (unpaired) electrons. The van der Waals surface area contributed by atoms with Gasteiger partial charge in [0.1, 0.15) is 5.70 Å². The molecule has 0 heterocycles. The van der Waals surface area contributed by atoms with Crippen LogP contribution in [0.5, 0.6) is 0 Å². The number of carbonyl (C=O) groups excluding carboxylic acids is 2. The van der Waals surface area contributed by atoms with Crippen LogP contribution >= 0.6 is 15.9 Å². The molecule has 0 aliphatic heterocycles. The van der Waals surface area contributed by atoms with Crippen LogP contribution in [0.25, 0.3) is 6.08 Å². The van der Waals surface area contributed by atoms with E-state index in [1.165, 1.54) is 0 Å². The second-order valence-corrected chi connectivity index (χ2v) is 7.31. The van der Waals surface area contributed by atoms with Crippen LogP contribution in [0.2, 0.25) is 0 Å². The molecule has 2 amide bonds. The first-order valence-corrected chi connectivity index (χ1v) is 10.1. The van der Waals surface area contributed by atoms with Gasteiger partial charge < -0.3 is 15.7 Å². The Kier molecular flexibility index (Phi) is 9.11. The molecule has 0 aliphatic carbocycles. The zero-order chi connectivity index (χ0) is 21.1. The number of carbonyl (C=O) groups is 3. The van der Waals surface area contributed by atoms with Gasteiger partial charge in [0.05, 0.1) is 0 Å². The largest absolute Gasteiger partial charge is 0.481 e. The van der Waals surface area contributed by atoms with Gasteiger partial charge in [-0.05, 0) is 48.7 Å². The number of halogens is 1. The van der Waals surface area contributed by atoms with E-state index in [1.807, 2.05) is 30.3 Å².